The summed E-state index contributed by atoms with van der Waals surface area (Å²) in [5.74, 6) is 0. The monoisotopic (exact) mass is 320 g/mol. The third-order valence-corrected chi connectivity index (χ3v) is 4.21. The molecule has 0 fully saturated rings. The van der Waals surface area contributed by atoms with Gasteiger partial charge in [0, 0.05) is 12.2 Å². The molecule has 1 rings (SSSR count). The van der Waals surface area contributed by atoms with Crippen molar-refractivity contribution in [2.75, 3.05) is 11.9 Å². The van der Waals surface area contributed by atoms with Crippen LogP contribution >= 0.6 is 12.2 Å². The van der Waals surface area contributed by atoms with E-state index in [0.717, 1.165) is 17.3 Å². The van der Waals surface area contributed by atoms with Crippen LogP contribution in [0.1, 0.15) is 70.3 Å². The summed E-state index contributed by atoms with van der Waals surface area (Å²) in [5.41, 5.74) is 2.31. The van der Waals surface area contributed by atoms with Crippen LogP contribution in [0, 0.1) is 6.92 Å². The maximum atomic E-state index is 5.33. The number of anilines is 1. The highest BCUT2D eigenvalue weighted by molar-refractivity contribution is 7.80. The second-order valence-corrected chi connectivity index (χ2v) is 6.43. The van der Waals surface area contributed by atoms with E-state index in [0.29, 0.717) is 0 Å². The van der Waals surface area contributed by atoms with Crippen molar-refractivity contribution in [3.05, 3.63) is 29.8 Å². The molecule has 124 valence electrons. The molecule has 0 atom stereocenters. The zero-order valence-corrected chi connectivity index (χ0v) is 15.1. The van der Waals surface area contributed by atoms with Crippen LogP contribution in [0.5, 0.6) is 0 Å². The number of unbranched alkanes of at least 4 members (excludes halogenated alkanes) is 8. The fourth-order valence-corrected chi connectivity index (χ4v) is 2.73. The van der Waals surface area contributed by atoms with Gasteiger partial charge in [0.25, 0.3) is 0 Å². The molecular formula is C19H32N2S. The van der Waals surface area contributed by atoms with Gasteiger partial charge in [0.1, 0.15) is 0 Å². The van der Waals surface area contributed by atoms with Gasteiger partial charge in [0.05, 0.1) is 0 Å². The smallest absolute Gasteiger partial charge is 0.170 e. The molecule has 1 aromatic carbocycles. The van der Waals surface area contributed by atoms with E-state index in [1.165, 1.54) is 63.4 Å². The highest BCUT2D eigenvalue weighted by Gasteiger charge is 1.99. The molecule has 1 aromatic rings. The first-order chi connectivity index (χ1) is 10.7. The zero-order chi connectivity index (χ0) is 16.0. The van der Waals surface area contributed by atoms with Gasteiger partial charge in [-0.2, -0.15) is 0 Å². The van der Waals surface area contributed by atoms with Crippen molar-refractivity contribution in [1.82, 2.24) is 5.32 Å². The second kappa shape index (κ2) is 12.5. The van der Waals surface area contributed by atoms with Gasteiger partial charge in [-0.1, -0.05) is 76.5 Å². The van der Waals surface area contributed by atoms with Crippen LogP contribution in [0.3, 0.4) is 0 Å². The summed E-state index contributed by atoms with van der Waals surface area (Å²) in [5, 5.41) is 7.29. The van der Waals surface area contributed by atoms with Crippen molar-refractivity contribution in [3.63, 3.8) is 0 Å². The summed E-state index contributed by atoms with van der Waals surface area (Å²) in [6.07, 6.45) is 12.2. The number of thiocarbonyl (C=S) groups is 1. The fraction of sp³-hybridized carbons (Fsp3) is 0.632. The van der Waals surface area contributed by atoms with Gasteiger partial charge in [-0.25, -0.2) is 0 Å². The van der Waals surface area contributed by atoms with Crippen LogP contribution in [0.25, 0.3) is 0 Å². The largest absolute Gasteiger partial charge is 0.362 e. The summed E-state index contributed by atoms with van der Waals surface area (Å²) in [7, 11) is 0. The molecule has 0 saturated heterocycles. The molecule has 0 saturated carbocycles. The molecule has 3 heteroatoms. The average molecular weight is 321 g/mol. The molecule has 0 amide bonds. The SMILES string of the molecule is CCCCCCCCCCCNC(=S)Nc1ccccc1C. The quantitative estimate of drug-likeness (QED) is 0.397. The van der Waals surface area contributed by atoms with E-state index in [1.54, 1.807) is 0 Å². The van der Waals surface area contributed by atoms with Crippen molar-refractivity contribution in [2.24, 2.45) is 0 Å². The Balaban J connectivity index is 1.96. The Morgan fingerprint density at radius 2 is 1.50 bits per heavy atom. The first-order valence-corrected chi connectivity index (χ1v) is 9.25. The van der Waals surface area contributed by atoms with E-state index >= 15 is 0 Å². The lowest BCUT2D eigenvalue weighted by Gasteiger charge is -2.12. The minimum Gasteiger partial charge on any atom is -0.362 e. The van der Waals surface area contributed by atoms with E-state index in [4.69, 9.17) is 12.2 Å². The number of benzene rings is 1. The molecule has 0 bridgehead atoms. The van der Waals surface area contributed by atoms with Gasteiger partial charge in [0.15, 0.2) is 5.11 Å². The zero-order valence-electron chi connectivity index (χ0n) is 14.3. The van der Waals surface area contributed by atoms with Crippen LogP contribution in [-0.4, -0.2) is 11.7 Å². The summed E-state index contributed by atoms with van der Waals surface area (Å²) >= 11 is 5.33. The first kappa shape index (κ1) is 19.0. The maximum Gasteiger partial charge on any atom is 0.170 e. The summed E-state index contributed by atoms with van der Waals surface area (Å²) in [6.45, 7) is 5.32. The molecule has 0 aliphatic carbocycles. The molecule has 0 aromatic heterocycles. The lowest BCUT2D eigenvalue weighted by molar-refractivity contribution is 0.563. The van der Waals surface area contributed by atoms with E-state index in [-0.39, 0.29) is 0 Å². The Morgan fingerprint density at radius 1 is 0.909 bits per heavy atom. The molecule has 0 aliphatic heterocycles. The topological polar surface area (TPSA) is 24.1 Å². The summed E-state index contributed by atoms with van der Waals surface area (Å²) < 4.78 is 0. The predicted octanol–water partition coefficient (Wildman–Crippen LogP) is 5.81. The van der Waals surface area contributed by atoms with Gasteiger partial charge in [-0.15, -0.1) is 0 Å². The van der Waals surface area contributed by atoms with E-state index in [2.05, 4.69) is 36.6 Å². The van der Waals surface area contributed by atoms with Crippen molar-refractivity contribution < 1.29 is 0 Å². The molecule has 0 heterocycles. The third kappa shape index (κ3) is 9.04. The van der Waals surface area contributed by atoms with Crippen molar-refractivity contribution in [3.8, 4) is 0 Å². The molecule has 22 heavy (non-hydrogen) atoms. The van der Waals surface area contributed by atoms with Crippen molar-refractivity contribution in [2.45, 2.75) is 71.6 Å². The molecule has 2 nitrogen and oxygen atoms in total. The Labute approximate surface area is 142 Å². The lowest BCUT2D eigenvalue weighted by Crippen LogP contribution is -2.29. The molecule has 0 radical (unpaired) electrons. The predicted molar refractivity (Wildman–Crippen MR) is 103 cm³/mol. The normalized spacial score (nSPS) is 10.5. The van der Waals surface area contributed by atoms with Gasteiger partial charge in [-0.3, -0.25) is 0 Å². The molecule has 0 aliphatic rings. The summed E-state index contributed by atoms with van der Waals surface area (Å²) in [6, 6.07) is 8.21. The van der Waals surface area contributed by atoms with Crippen LogP contribution in [0.2, 0.25) is 0 Å². The Kier molecular flexibility index (Phi) is 10.7. The van der Waals surface area contributed by atoms with Crippen LogP contribution in [-0.2, 0) is 0 Å². The molecule has 0 spiro atoms. The lowest BCUT2D eigenvalue weighted by atomic mass is 10.1. The number of nitrogens with one attached hydrogen (secondary N) is 2. The Bertz CT molecular complexity index is 418. The van der Waals surface area contributed by atoms with E-state index in [1.807, 2.05) is 12.1 Å². The Morgan fingerprint density at radius 3 is 2.14 bits per heavy atom. The number of rotatable bonds is 11. The van der Waals surface area contributed by atoms with Gasteiger partial charge in [-0.05, 0) is 37.2 Å². The van der Waals surface area contributed by atoms with Crippen LogP contribution in [0.15, 0.2) is 24.3 Å². The van der Waals surface area contributed by atoms with Gasteiger partial charge < -0.3 is 10.6 Å². The molecular weight excluding hydrogens is 288 g/mol. The fourth-order valence-electron chi connectivity index (χ4n) is 2.52. The minimum absolute atomic E-state index is 0.730. The standard InChI is InChI=1S/C19H32N2S/c1-3-4-5-6-7-8-9-10-13-16-20-19(22)21-18-15-12-11-14-17(18)2/h11-12,14-15H,3-10,13,16H2,1-2H3,(H2,20,21,22). The molecule has 0 unspecified atom stereocenters. The second-order valence-electron chi connectivity index (χ2n) is 6.02. The number of hydrogen-bond acceptors (Lipinski definition) is 1. The molecule has 2 N–H and O–H groups in total. The average Bonchev–Trinajstić information content (AvgIpc) is 2.51. The van der Waals surface area contributed by atoms with Gasteiger partial charge >= 0.3 is 0 Å². The number of hydrogen-bond donors (Lipinski definition) is 2. The van der Waals surface area contributed by atoms with Crippen molar-refractivity contribution >= 4 is 23.0 Å². The highest BCUT2D eigenvalue weighted by Crippen LogP contribution is 2.13. The van der Waals surface area contributed by atoms with Gasteiger partial charge in [0.2, 0.25) is 0 Å². The van der Waals surface area contributed by atoms with E-state index < -0.39 is 0 Å². The van der Waals surface area contributed by atoms with E-state index in [9.17, 15) is 0 Å². The number of para-hydroxylation sites is 1. The van der Waals surface area contributed by atoms with Crippen molar-refractivity contribution in [1.29, 1.82) is 0 Å². The third-order valence-electron chi connectivity index (χ3n) is 3.96. The maximum absolute atomic E-state index is 5.33. The minimum atomic E-state index is 0.730. The number of aryl methyl sites for hydroxylation is 1. The summed E-state index contributed by atoms with van der Waals surface area (Å²) in [4.78, 5) is 0. The first-order valence-electron chi connectivity index (χ1n) is 8.84. The van der Waals surface area contributed by atoms with Crippen LogP contribution in [0.4, 0.5) is 5.69 Å². The Hall–Kier alpha value is -1.09. The highest BCUT2D eigenvalue weighted by atomic mass is 32.1. The van der Waals surface area contributed by atoms with Crippen LogP contribution < -0.4 is 10.6 Å².